The van der Waals surface area contributed by atoms with Gasteiger partial charge in [0, 0.05) is 26.1 Å². The SMILES string of the molecule is COc1ccc(N(CCCC(=O)N(Cc2ccc(Cl)c(Cl)c2)[C@@H](C)C(=O)NCC(C)C)S(C)(=O)=O)cc1Cl. The van der Waals surface area contributed by atoms with E-state index in [2.05, 4.69) is 5.32 Å². The first-order chi connectivity index (χ1) is 17.7. The fourth-order valence-electron chi connectivity index (χ4n) is 3.68. The second kappa shape index (κ2) is 14.3. The average Bonchev–Trinajstić information content (AvgIpc) is 2.84. The van der Waals surface area contributed by atoms with Crippen LogP contribution in [0.3, 0.4) is 0 Å². The van der Waals surface area contributed by atoms with Gasteiger partial charge < -0.3 is 15.0 Å². The van der Waals surface area contributed by atoms with Crippen molar-refractivity contribution >= 4 is 62.3 Å². The van der Waals surface area contributed by atoms with E-state index in [1.165, 1.54) is 22.4 Å². The molecule has 0 radical (unpaired) electrons. The summed E-state index contributed by atoms with van der Waals surface area (Å²) < 4.78 is 31.4. The van der Waals surface area contributed by atoms with Gasteiger partial charge in [-0.2, -0.15) is 0 Å². The number of methoxy groups -OCH3 is 1. The van der Waals surface area contributed by atoms with Crippen molar-refractivity contribution in [2.45, 2.75) is 46.2 Å². The molecule has 0 saturated carbocycles. The molecule has 0 aliphatic heterocycles. The van der Waals surface area contributed by atoms with Crippen LogP contribution in [0.1, 0.15) is 39.2 Å². The van der Waals surface area contributed by atoms with Gasteiger partial charge in [-0.3, -0.25) is 13.9 Å². The van der Waals surface area contributed by atoms with Crippen molar-refractivity contribution in [3.05, 3.63) is 57.0 Å². The molecule has 2 aromatic carbocycles. The van der Waals surface area contributed by atoms with Crippen molar-refractivity contribution in [1.82, 2.24) is 10.2 Å². The van der Waals surface area contributed by atoms with Gasteiger partial charge >= 0.3 is 0 Å². The third-order valence-corrected chi connectivity index (χ3v) is 7.99. The van der Waals surface area contributed by atoms with Gasteiger partial charge in [-0.25, -0.2) is 8.42 Å². The summed E-state index contributed by atoms with van der Waals surface area (Å²) in [4.78, 5) is 27.7. The van der Waals surface area contributed by atoms with Crippen LogP contribution >= 0.6 is 34.8 Å². The molecule has 8 nitrogen and oxygen atoms in total. The van der Waals surface area contributed by atoms with Gasteiger partial charge in [-0.1, -0.05) is 54.7 Å². The lowest BCUT2D eigenvalue weighted by Crippen LogP contribution is -2.48. The Balaban J connectivity index is 2.21. The lowest BCUT2D eigenvalue weighted by Gasteiger charge is -2.30. The molecule has 0 bridgehead atoms. The van der Waals surface area contributed by atoms with E-state index >= 15 is 0 Å². The van der Waals surface area contributed by atoms with Crippen LogP contribution in [0.5, 0.6) is 5.75 Å². The summed E-state index contributed by atoms with van der Waals surface area (Å²) in [6.07, 6.45) is 1.32. The van der Waals surface area contributed by atoms with E-state index in [9.17, 15) is 18.0 Å². The van der Waals surface area contributed by atoms with Gasteiger partial charge in [0.05, 0.1) is 34.1 Å². The molecule has 38 heavy (non-hydrogen) atoms. The number of nitrogens with zero attached hydrogens (tertiary/aromatic N) is 2. The molecular formula is C26H34Cl3N3O5S. The Bertz CT molecular complexity index is 1240. The summed E-state index contributed by atoms with van der Waals surface area (Å²) in [7, 11) is -2.19. The summed E-state index contributed by atoms with van der Waals surface area (Å²) in [5.74, 6) is 0.0859. The monoisotopic (exact) mass is 605 g/mol. The maximum absolute atomic E-state index is 13.4. The minimum absolute atomic E-state index is 0.0129. The van der Waals surface area contributed by atoms with Crippen molar-refractivity contribution in [3.8, 4) is 5.75 Å². The van der Waals surface area contributed by atoms with Gasteiger partial charge in [-0.15, -0.1) is 0 Å². The highest BCUT2D eigenvalue weighted by Gasteiger charge is 2.27. The molecule has 0 heterocycles. The zero-order chi connectivity index (χ0) is 28.6. The molecule has 210 valence electrons. The summed E-state index contributed by atoms with van der Waals surface area (Å²) >= 11 is 18.4. The number of sulfonamides is 1. The lowest BCUT2D eigenvalue weighted by atomic mass is 10.1. The zero-order valence-electron chi connectivity index (χ0n) is 22.1. The fraction of sp³-hybridized carbons (Fsp3) is 0.462. The number of carbonyl (C=O) groups excluding carboxylic acids is 2. The molecule has 0 spiro atoms. The number of amides is 2. The molecule has 2 amide bonds. The summed E-state index contributed by atoms with van der Waals surface area (Å²) in [6.45, 7) is 6.27. The van der Waals surface area contributed by atoms with Crippen LogP contribution in [0, 0.1) is 5.92 Å². The minimum Gasteiger partial charge on any atom is -0.495 e. The maximum atomic E-state index is 13.4. The topological polar surface area (TPSA) is 96.0 Å². The van der Waals surface area contributed by atoms with Crippen LogP contribution in [0.15, 0.2) is 36.4 Å². The normalized spacial score (nSPS) is 12.2. The Morgan fingerprint density at radius 2 is 1.68 bits per heavy atom. The standard InChI is InChI=1S/C26H34Cl3N3O5S/c1-17(2)15-30-26(34)18(3)31(16-19-8-10-21(27)22(28)13-19)25(33)7-6-12-32(38(5,35)36)20-9-11-24(37-4)23(29)14-20/h8-11,13-14,17-18H,6-7,12,15-16H2,1-5H3,(H,30,34)/t18-/m0/s1. The van der Waals surface area contributed by atoms with Gasteiger partial charge in [0.2, 0.25) is 21.8 Å². The molecule has 0 fully saturated rings. The fourth-order valence-corrected chi connectivity index (χ4v) is 5.21. The van der Waals surface area contributed by atoms with Crippen LogP contribution in [0.25, 0.3) is 0 Å². The second-order valence-corrected chi connectivity index (χ2v) is 12.5. The summed E-state index contributed by atoms with van der Waals surface area (Å²) in [5.41, 5.74) is 1.07. The number of hydrogen-bond acceptors (Lipinski definition) is 5. The van der Waals surface area contributed by atoms with Crippen molar-refractivity contribution in [3.63, 3.8) is 0 Å². The third kappa shape index (κ3) is 9.22. The molecule has 0 aliphatic rings. The first-order valence-electron chi connectivity index (χ1n) is 12.1. The summed E-state index contributed by atoms with van der Waals surface area (Å²) in [6, 6.07) is 8.94. The van der Waals surface area contributed by atoms with Crippen molar-refractivity contribution in [2.75, 3.05) is 30.8 Å². The quantitative estimate of drug-likeness (QED) is 0.330. The van der Waals surface area contributed by atoms with Gasteiger partial charge in [0.25, 0.3) is 0 Å². The second-order valence-electron chi connectivity index (χ2n) is 9.34. The molecule has 0 aromatic heterocycles. The first kappa shape index (κ1) is 32.0. The third-order valence-electron chi connectivity index (χ3n) is 5.76. The highest BCUT2D eigenvalue weighted by molar-refractivity contribution is 7.92. The van der Waals surface area contributed by atoms with Gasteiger partial charge in [-0.05, 0) is 55.2 Å². The van der Waals surface area contributed by atoms with Crippen LogP contribution in [0.4, 0.5) is 5.69 Å². The number of hydrogen-bond donors (Lipinski definition) is 1. The smallest absolute Gasteiger partial charge is 0.242 e. The number of rotatable bonds is 13. The molecule has 0 aliphatic carbocycles. The number of carbonyl (C=O) groups is 2. The Labute approximate surface area is 240 Å². The molecule has 1 atom stereocenters. The van der Waals surface area contributed by atoms with E-state index in [-0.39, 0.29) is 48.7 Å². The molecule has 1 N–H and O–H groups in total. The van der Waals surface area contributed by atoms with Crippen molar-refractivity contribution in [1.29, 1.82) is 0 Å². The van der Waals surface area contributed by atoms with Crippen LogP contribution < -0.4 is 14.4 Å². The molecule has 12 heteroatoms. The van der Waals surface area contributed by atoms with Crippen molar-refractivity contribution < 1.29 is 22.7 Å². The lowest BCUT2D eigenvalue weighted by molar-refractivity contribution is -0.140. The van der Waals surface area contributed by atoms with Gasteiger partial charge in [0.15, 0.2) is 0 Å². The predicted octanol–water partition coefficient (Wildman–Crippen LogP) is 5.39. The van der Waals surface area contributed by atoms with E-state index in [1.54, 1.807) is 37.3 Å². The highest BCUT2D eigenvalue weighted by Crippen LogP contribution is 2.30. The molecule has 0 unspecified atom stereocenters. The maximum Gasteiger partial charge on any atom is 0.242 e. The van der Waals surface area contributed by atoms with Crippen molar-refractivity contribution in [2.24, 2.45) is 5.92 Å². The predicted molar refractivity (Wildman–Crippen MR) is 154 cm³/mol. The average molecular weight is 607 g/mol. The Morgan fingerprint density at radius 1 is 1.00 bits per heavy atom. The molecule has 2 rings (SSSR count). The van der Waals surface area contributed by atoms with Crippen LogP contribution in [0.2, 0.25) is 15.1 Å². The van der Waals surface area contributed by atoms with E-state index in [1.807, 2.05) is 13.8 Å². The molecular weight excluding hydrogens is 573 g/mol. The van der Waals surface area contributed by atoms with E-state index in [0.717, 1.165) is 6.26 Å². The molecule has 0 saturated heterocycles. The van der Waals surface area contributed by atoms with E-state index in [4.69, 9.17) is 39.5 Å². The first-order valence-corrected chi connectivity index (χ1v) is 15.0. The number of benzene rings is 2. The van der Waals surface area contributed by atoms with Gasteiger partial charge in [0.1, 0.15) is 11.8 Å². The Kier molecular flexibility index (Phi) is 12.0. The number of nitrogens with one attached hydrogen (secondary N) is 1. The zero-order valence-corrected chi connectivity index (χ0v) is 25.2. The minimum atomic E-state index is -3.66. The number of halogens is 3. The molecule has 2 aromatic rings. The van der Waals surface area contributed by atoms with Crippen LogP contribution in [-0.4, -0.2) is 57.6 Å². The summed E-state index contributed by atoms with van der Waals surface area (Å²) in [5, 5.41) is 3.86. The van der Waals surface area contributed by atoms with E-state index < -0.39 is 16.1 Å². The highest BCUT2D eigenvalue weighted by atomic mass is 35.5. The number of anilines is 1. The Hall–Kier alpha value is -2.20. The number of ether oxygens (including phenoxy) is 1. The Morgan fingerprint density at radius 3 is 2.24 bits per heavy atom. The van der Waals surface area contributed by atoms with E-state index in [0.29, 0.717) is 33.6 Å². The van der Waals surface area contributed by atoms with Crippen LogP contribution in [-0.2, 0) is 26.2 Å². The largest absolute Gasteiger partial charge is 0.495 e.